The predicted octanol–water partition coefficient (Wildman–Crippen LogP) is 1.74. The van der Waals surface area contributed by atoms with Crippen LogP contribution in [0.5, 0.6) is 0 Å². The molecule has 0 amide bonds. The third-order valence-electron chi connectivity index (χ3n) is 3.01. The van der Waals surface area contributed by atoms with Crippen molar-refractivity contribution < 1.29 is 0 Å². The van der Waals surface area contributed by atoms with E-state index in [0.717, 1.165) is 11.0 Å². The van der Waals surface area contributed by atoms with Crippen LogP contribution in [-0.2, 0) is 0 Å². The van der Waals surface area contributed by atoms with E-state index in [4.69, 9.17) is 5.73 Å². The first-order valence-electron chi connectivity index (χ1n) is 4.93. The molecule has 14 heavy (non-hydrogen) atoms. The van der Waals surface area contributed by atoms with E-state index in [0.29, 0.717) is 11.9 Å². The first kappa shape index (κ1) is 7.79. The molecular formula is C10H12N4. The van der Waals surface area contributed by atoms with Gasteiger partial charge in [0.1, 0.15) is 17.8 Å². The summed E-state index contributed by atoms with van der Waals surface area (Å²) in [7, 11) is 0. The van der Waals surface area contributed by atoms with Crippen molar-refractivity contribution in [2.24, 2.45) is 0 Å². The molecule has 2 N–H and O–H groups in total. The van der Waals surface area contributed by atoms with E-state index in [1.54, 1.807) is 0 Å². The van der Waals surface area contributed by atoms with Gasteiger partial charge in [-0.05, 0) is 25.3 Å². The van der Waals surface area contributed by atoms with Crippen molar-refractivity contribution in [1.82, 2.24) is 14.5 Å². The molecule has 3 rings (SSSR count). The quantitative estimate of drug-likeness (QED) is 0.741. The molecule has 2 heterocycles. The topological polar surface area (TPSA) is 56.7 Å². The minimum atomic E-state index is 0.577. The molecule has 2 aromatic heterocycles. The van der Waals surface area contributed by atoms with Crippen LogP contribution in [0.1, 0.15) is 25.3 Å². The van der Waals surface area contributed by atoms with E-state index in [-0.39, 0.29) is 0 Å². The van der Waals surface area contributed by atoms with Gasteiger partial charge in [-0.1, -0.05) is 0 Å². The average Bonchev–Trinajstić information content (AvgIpc) is 2.48. The highest BCUT2D eigenvalue weighted by atomic mass is 15.1. The minimum absolute atomic E-state index is 0.577. The van der Waals surface area contributed by atoms with E-state index in [1.807, 2.05) is 6.07 Å². The number of nitrogens with zero attached hydrogens (tertiary/aromatic N) is 3. The maximum Gasteiger partial charge on any atom is 0.145 e. The first-order valence-corrected chi connectivity index (χ1v) is 4.93. The fourth-order valence-electron chi connectivity index (χ4n) is 1.95. The van der Waals surface area contributed by atoms with Crippen LogP contribution >= 0.6 is 0 Å². The lowest BCUT2D eigenvalue weighted by atomic mass is 9.93. The number of fused-ring (bicyclic) bond motifs is 1. The number of anilines is 1. The van der Waals surface area contributed by atoms with Crippen molar-refractivity contribution in [1.29, 1.82) is 0 Å². The number of rotatable bonds is 1. The molecule has 0 radical (unpaired) electrons. The van der Waals surface area contributed by atoms with Crippen LogP contribution in [0.25, 0.3) is 11.0 Å². The zero-order valence-corrected chi connectivity index (χ0v) is 7.85. The lowest BCUT2D eigenvalue weighted by Gasteiger charge is -2.27. The molecule has 0 unspecified atom stereocenters. The normalized spacial score (nSPS) is 17.1. The van der Waals surface area contributed by atoms with Crippen molar-refractivity contribution in [2.45, 2.75) is 25.3 Å². The van der Waals surface area contributed by atoms with Crippen LogP contribution in [0.4, 0.5) is 5.82 Å². The summed E-state index contributed by atoms with van der Waals surface area (Å²) >= 11 is 0. The fraction of sp³-hybridized carbons (Fsp3) is 0.400. The molecule has 1 aliphatic rings. The Bertz CT molecular complexity index is 470. The highest BCUT2D eigenvalue weighted by molar-refractivity contribution is 5.86. The van der Waals surface area contributed by atoms with Crippen LogP contribution in [0.3, 0.4) is 0 Å². The van der Waals surface area contributed by atoms with Gasteiger partial charge in [0.2, 0.25) is 0 Å². The second kappa shape index (κ2) is 2.70. The molecule has 2 aromatic rings. The van der Waals surface area contributed by atoms with Crippen LogP contribution < -0.4 is 5.73 Å². The minimum Gasteiger partial charge on any atom is -0.383 e. The largest absolute Gasteiger partial charge is 0.383 e. The Hall–Kier alpha value is -1.58. The van der Waals surface area contributed by atoms with Gasteiger partial charge < -0.3 is 10.3 Å². The van der Waals surface area contributed by atoms with Crippen LogP contribution in [0, 0.1) is 0 Å². The summed E-state index contributed by atoms with van der Waals surface area (Å²) in [4.78, 5) is 8.25. The van der Waals surface area contributed by atoms with Crippen molar-refractivity contribution in [3.63, 3.8) is 0 Å². The Morgan fingerprint density at radius 2 is 2.21 bits per heavy atom. The Kier molecular flexibility index (Phi) is 1.50. The fourth-order valence-corrected chi connectivity index (χ4v) is 1.95. The summed E-state index contributed by atoms with van der Waals surface area (Å²) in [5.74, 6) is 0.577. The highest BCUT2D eigenvalue weighted by Crippen LogP contribution is 2.34. The monoisotopic (exact) mass is 188 g/mol. The van der Waals surface area contributed by atoms with Crippen LogP contribution in [-0.4, -0.2) is 14.5 Å². The van der Waals surface area contributed by atoms with E-state index in [1.165, 1.54) is 25.6 Å². The summed E-state index contributed by atoms with van der Waals surface area (Å²) in [6, 6.07) is 2.63. The lowest BCUT2D eigenvalue weighted by molar-refractivity contribution is 0.320. The zero-order chi connectivity index (χ0) is 9.54. The number of aromatic nitrogens is 3. The van der Waals surface area contributed by atoms with Gasteiger partial charge in [0.25, 0.3) is 0 Å². The second-order valence-corrected chi connectivity index (χ2v) is 3.80. The van der Waals surface area contributed by atoms with E-state index in [9.17, 15) is 0 Å². The SMILES string of the molecule is Nc1ncnc2c1ccn2C1CCC1. The van der Waals surface area contributed by atoms with E-state index in [2.05, 4.69) is 20.7 Å². The number of hydrogen-bond acceptors (Lipinski definition) is 3. The molecule has 0 saturated heterocycles. The second-order valence-electron chi connectivity index (χ2n) is 3.80. The first-order chi connectivity index (χ1) is 6.86. The summed E-state index contributed by atoms with van der Waals surface area (Å²) in [5, 5.41) is 0.972. The van der Waals surface area contributed by atoms with Gasteiger partial charge in [0.15, 0.2) is 0 Å². The highest BCUT2D eigenvalue weighted by Gasteiger charge is 2.21. The molecule has 1 saturated carbocycles. The van der Waals surface area contributed by atoms with Gasteiger partial charge in [0, 0.05) is 12.2 Å². The van der Waals surface area contributed by atoms with Gasteiger partial charge in [-0.15, -0.1) is 0 Å². The molecule has 72 valence electrons. The maximum absolute atomic E-state index is 5.76. The molecule has 1 aliphatic carbocycles. The van der Waals surface area contributed by atoms with Crippen molar-refractivity contribution in [3.05, 3.63) is 18.6 Å². The molecule has 0 aliphatic heterocycles. The van der Waals surface area contributed by atoms with Crippen molar-refractivity contribution >= 4 is 16.9 Å². The summed E-state index contributed by atoms with van der Waals surface area (Å²) in [6.45, 7) is 0. The van der Waals surface area contributed by atoms with Gasteiger partial charge in [-0.2, -0.15) is 0 Å². The molecule has 0 spiro atoms. The van der Waals surface area contributed by atoms with E-state index >= 15 is 0 Å². The van der Waals surface area contributed by atoms with Crippen molar-refractivity contribution in [2.75, 3.05) is 5.73 Å². The third kappa shape index (κ3) is 0.937. The number of nitrogen functional groups attached to an aromatic ring is 1. The van der Waals surface area contributed by atoms with Gasteiger partial charge in [0.05, 0.1) is 5.39 Å². The average molecular weight is 188 g/mol. The third-order valence-corrected chi connectivity index (χ3v) is 3.01. The Balaban J connectivity index is 2.20. The summed E-state index contributed by atoms with van der Waals surface area (Å²) in [6.07, 6.45) is 7.44. The van der Waals surface area contributed by atoms with Crippen LogP contribution in [0.15, 0.2) is 18.6 Å². The molecule has 1 fully saturated rings. The molecule has 0 aromatic carbocycles. The van der Waals surface area contributed by atoms with Gasteiger partial charge in [-0.25, -0.2) is 9.97 Å². The Morgan fingerprint density at radius 1 is 1.36 bits per heavy atom. The zero-order valence-electron chi connectivity index (χ0n) is 7.85. The molecule has 4 nitrogen and oxygen atoms in total. The van der Waals surface area contributed by atoms with E-state index < -0.39 is 0 Å². The summed E-state index contributed by atoms with van der Waals surface area (Å²) in [5.41, 5.74) is 6.74. The summed E-state index contributed by atoms with van der Waals surface area (Å²) < 4.78 is 2.22. The standard InChI is InChI=1S/C10H12N4/c11-9-8-4-5-14(7-2-1-3-7)10(8)13-6-12-9/h4-7H,1-3H2,(H2,11,12,13). The maximum atomic E-state index is 5.76. The Morgan fingerprint density at radius 3 is 2.93 bits per heavy atom. The van der Waals surface area contributed by atoms with Crippen LogP contribution in [0.2, 0.25) is 0 Å². The number of nitrogens with two attached hydrogens (primary N) is 1. The molecular weight excluding hydrogens is 176 g/mol. The lowest BCUT2D eigenvalue weighted by Crippen LogP contribution is -2.16. The predicted molar refractivity (Wildman–Crippen MR) is 54.8 cm³/mol. The smallest absolute Gasteiger partial charge is 0.145 e. The molecule has 0 bridgehead atoms. The Labute approximate surface area is 81.8 Å². The molecule has 4 heteroatoms. The van der Waals surface area contributed by atoms with Crippen molar-refractivity contribution in [3.8, 4) is 0 Å². The van der Waals surface area contributed by atoms with Gasteiger partial charge >= 0.3 is 0 Å². The number of hydrogen-bond donors (Lipinski definition) is 1. The molecule has 0 atom stereocenters. The van der Waals surface area contributed by atoms with Gasteiger partial charge in [-0.3, -0.25) is 0 Å².